The monoisotopic (exact) mass is 893 g/mol. The molecule has 0 spiro atoms. The van der Waals surface area contributed by atoms with E-state index < -0.39 is 52.9 Å². The summed E-state index contributed by atoms with van der Waals surface area (Å²) >= 11 is 11.0. The molecule has 3 N–H and O–H groups in total. The number of aryl methyl sites for hydroxylation is 1. The summed E-state index contributed by atoms with van der Waals surface area (Å²) in [5, 5.41) is 17.9. The van der Waals surface area contributed by atoms with Crippen molar-refractivity contribution in [2.75, 3.05) is 53.3 Å². The summed E-state index contributed by atoms with van der Waals surface area (Å²) in [7, 11) is 0. The van der Waals surface area contributed by atoms with Crippen LogP contribution in [-0.2, 0) is 31.8 Å². The number of thiol groups is 1. The summed E-state index contributed by atoms with van der Waals surface area (Å²) in [6.07, 6.45) is -1.80. The quantitative estimate of drug-likeness (QED) is 0.0787. The van der Waals surface area contributed by atoms with E-state index >= 15 is 0 Å². The predicted molar refractivity (Wildman–Crippen MR) is 225 cm³/mol. The Bertz CT molecular complexity index is 2150. The number of benzene rings is 3. The lowest BCUT2D eigenvalue weighted by Crippen LogP contribution is -2.47. The van der Waals surface area contributed by atoms with Gasteiger partial charge in [0.05, 0.1) is 37.0 Å². The Hall–Kier alpha value is -4.76. The number of anilines is 4. The minimum Gasteiger partial charge on any atom is -0.493 e. The van der Waals surface area contributed by atoms with Gasteiger partial charge >= 0.3 is 6.18 Å². The Morgan fingerprint density at radius 2 is 1.73 bits per heavy atom. The lowest BCUT2D eigenvalue weighted by molar-refractivity contribution is -0.138. The van der Waals surface area contributed by atoms with E-state index in [4.69, 9.17) is 16.3 Å². The van der Waals surface area contributed by atoms with Crippen molar-refractivity contribution in [3.05, 3.63) is 76.3 Å². The molecule has 60 heavy (non-hydrogen) atoms. The van der Waals surface area contributed by atoms with Crippen LogP contribution in [0.1, 0.15) is 62.6 Å². The number of hydrogen-bond donors (Lipinski definition) is 4. The predicted octanol–water partition coefficient (Wildman–Crippen LogP) is 7.35. The van der Waals surface area contributed by atoms with E-state index in [0.29, 0.717) is 65.4 Å². The molecule has 12 nitrogen and oxygen atoms in total. The van der Waals surface area contributed by atoms with Crippen molar-refractivity contribution in [2.24, 2.45) is 5.92 Å². The normalized spacial score (nSPS) is 19.7. The van der Waals surface area contributed by atoms with Gasteiger partial charge in [-0.2, -0.15) is 18.4 Å². The number of ether oxygens (including phenoxy) is 1. The Morgan fingerprint density at radius 1 is 1.03 bits per heavy atom. The first-order chi connectivity index (χ1) is 28.0. The van der Waals surface area contributed by atoms with Gasteiger partial charge in [0.1, 0.15) is 17.3 Å². The van der Waals surface area contributed by atoms with Crippen molar-refractivity contribution in [3.8, 4) is 11.8 Å². The second-order valence-electron chi connectivity index (χ2n) is 15.3. The van der Waals surface area contributed by atoms with Crippen LogP contribution in [0.4, 0.5) is 40.3 Å². The van der Waals surface area contributed by atoms with Crippen LogP contribution >= 0.6 is 36.6 Å². The molecule has 3 aromatic rings. The first-order valence-electron chi connectivity index (χ1n) is 19.2. The Kier molecular flexibility index (Phi) is 14.9. The number of nitriles is 1. The molecular formula is C41H45Cl2F4N7O5S. The standard InChI is InChI=1S/C41H44ClF4N7O5S.ClH/c1-40(2)38(57)52(30-4-3-26(22-47)32(21-30)41(44,45)46)39(59)53(40)31-5-7-34(25(17-31)9-13-43)58-16-12-24-10-14-51(15-11-24)23-36(55)49-29-19-27(42)18-28(20-29)48-33-6-8-35(54)50-37(33)56;/h3-5,7,17-21,24,33,39,48,59H,6,8-16,23H2,1-2H3,(H,49,55)(H,50,54,56);1H. The molecule has 6 rings (SSSR count). The number of hydrogen-bond acceptors (Lipinski definition) is 10. The smallest absolute Gasteiger partial charge is 0.417 e. The molecule has 0 aliphatic carbocycles. The zero-order chi connectivity index (χ0) is 42.6. The molecule has 2 unspecified atom stereocenters. The molecule has 3 fully saturated rings. The van der Waals surface area contributed by atoms with E-state index in [9.17, 15) is 42.0 Å². The molecular weight excluding hydrogens is 849 g/mol. The van der Waals surface area contributed by atoms with Gasteiger partial charge in [0, 0.05) is 40.6 Å². The van der Waals surface area contributed by atoms with Crippen LogP contribution in [0.2, 0.25) is 5.02 Å². The summed E-state index contributed by atoms with van der Waals surface area (Å²) in [4.78, 5) is 55.2. The SMILES string of the molecule is CC1(C)C(=O)N(c2ccc(C#N)c(C(F)(F)F)c2)C(S)N1c1ccc(OCCC2CCN(CC(=O)Nc3cc(Cl)cc(NC4CCC(=O)NC4=O)c3)CC2)c(CCF)c1.Cl. The number of piperidine rings is 2. The van der Waals surface area contributed by atoms with Crippen molar-refractivity contribution < 1.29 is 41.5 Å². The van der Waals surface area contributed by atoms with E-state index in [2.05, 4.69) is 33.5 Å². The number of nitrogens with zero attached hydrogens (tertiary/aromatic N) is 4. The van der Waals surface area contributed by atoms with E-state index in [1.54, 1.807) is 61.2 Å². The summed E-state index contributed by atoms with van der Waals surface area (Å²) in [6.45, 7) is 4.53. The molecule has 0 aromatic heterocycles. The highest BCUT2D eigenvalue weighted by Crippen LogP contribution is 2.43. The molecule has 3 saturated heterocycles. The lowest BCUT2D eigenvalue weighted by atomic mass is 9.94. The van der Waals surface area contributed by atoms with Crippen LogP contribution in [0.3, 0.4) is 0 Å². The van der Waals surface area contributed by atoms with Crippen LogP contribution < -0.4 is 30.5 Å². The summed E-state index contributed by atoms with van der Waals surface area (Å²) in [5.41, 5.74) is -1.98. The van der Waals surface area contributed by atoms with Gasteiger partial charge in [-0.25, -0.2) is 0 Å². The maximum absolute atomic E-state index is 13.8. The molecule has 19 heteroatoms. The van der Waals surface area contributed by atoms with Crippen molar-refractivity contribution in [2.45, 2.75) is 75.6 Å². The number of halogens is 6. The molecule has 0 saturated carbocycles. The van der Waals surface area contributed by atoms with E-state index in [1.807, 2.05) is 0 Å². The zero-order valence-electron chi connectivity index (χ0n) is 32.8. The van der Waals surface area contributed by atoms with Crippen molar-refractivity contribution >= 4 is 83.0 Å². The van der Waals surface area contributed by atoms with Gasteiger partial charge in [0.2, 0.25) is 17.7 Å². The van der Waals surface area contributed by atoms with Gasteiger partial charge in [-0.05, 0) is 119 Å². The number of alkyl halides is 4. The lowest BCUT2D eigenvalue weighted by Gasteiger charge is -2.34. The van der Waals surface area contributed by atoms with Crippen molar-refractivity contribution in [3.63, 3.8) is 0 Å². The summed E-state index contributed by atoms with van der Waals surface area (Å²) < 4.78 is 61.3. The zero-order valence-corrected chi connectivity index (χ0v) is 35.2. The third-order valence-corrected chi connectivity index (χ3v) is 11.5. The number of carbonyl (C=O) groups excluding carboxylic acids is 4. The molecule has 3 aromatic carbocycles. The number of likely N-dealkylation sites (tertiary alicyclic amines) is 1. The summed E-state index contributed by atoms with van der Waals surface area (Å²) in [6, 6.07) is 14.1. The Labute approximate surface area is 361 Å². The number of nitrogens with one attached hydrogen (secondary N) is 3. The highest BCUT2D eigenvalue weighted by molar-refractivity contribution is 7.81. The largest absolute Gasteiger partial charge is 0.493 e. The van der Waals surface area contributed by atoms with Crippen molar-refractivity contribution in [1.29, 1.82) is 5.26 Å². The molecule has 2 atom stereocenters. The van der Waals surface area contributed by atoms with Crippen LogP contribution in [0.5, 0.6) is 5.75 Å². The highest BCUT2D eigenvalue weighted by Gasteiger charge is 2.52. The third-order valence-electron chi connectivity index (χ3n) is 10.8. The molecule has 0 radical (unpaired) electrons. The Morgan fingerprint density at radius 3 is 2.40 bits per heavy atom. The second kappa shape index (κ2) is 19.3. The van der Waals surface area contributed by atoms with Crippen LogP contribution in [0.25, 0.3) is 0 Å². The van der Waals surface area contributed by atoms with Crippen LogP contribution in [-0.4, -0.2) is 78.5 Å². The van der Waals surface area contributed by atoms with E-state index in [1.165, 1.54) is 6.07 Å². The van der Waals surface area contributed by atoms with Gasteiger partial charge in [-0.3, -0.25) is 38.7 Å². The maximum atomic E-state index is 13.8. The molecule has 4 amide bonds. The fourth-order valence-electron chi connectivity index (χ4n) is 7.73. The van der Waals surface area contributed by atoms with Gasteiger partial charge < -0.3 is 20.3 Å². The van der Waals surface area contributed by atoms with Gasteiger partial charge in [-0.1, -0.05) is 11.6 Å². The topological polar surface area (TPSA) is 147 Å². The molecule has 0 bridgehead atoms. The molecule has 3 aliphatic heterocycles. The van der Waals surface area contributed by atoms with E-state index in [-0.39, 0.29) is 49.3 Å². The minimum atomic E-state index is -4.81. The van der Waals surface area contributed by atoms with Crippen LogP contribution in [0, 0.1) is 17.2 Å². The molecule has 3 heterocycles. The first kappa shape index (κ1) is 46.3. The second-order valence-corrected chi connectivity index (χ2v) is 16.2. The molecule has 3 aliphatic rings. The minimum absolute atomic E-state index is 0. The van der Waals surface area contributed by atoms with Gasteiger partial charge in [0.15, 0.2) is 5.50 Å². The molecule has 322 valence electrons. The summed E-state index contributed by atoms with van der Waals surface area (Å²) in [5.74, 6) is -0.640. The van der Waals surface area contributed by atoms with Gasteiger partial charge in [-0.15, -0.1) is 25.0 Å². The average molecular weight is 895 g/mol. The maximum Gasteiger partial charge on any atom is 0.417 e. The third kappa shape index (κ3) is 10.6. The first-order valence-corrected chi connectivity index (χ1v) is 20.0. The number of carbonyl (C=O) groups is 4. The highest BCUT2D eigenvalue weighted by atomic mass is 35.5. The number of amides is 4. The van der Waals surface area contributed by atoms with Gasteiger partial charge in [0.25, 0.3) is 5.91 Å². The van der Waals surface area contributed by atoms with E-state index in [0.717, 1.165) is 36.3 Å². The fraction of sp³-hybridized carbons (Fsp3) is 0.439. The fourth-order valence-corrected chi connectivity index (χ4v) is 8.63. The van der Waals surface area contributed by atoms with Crippen molar-refractivity contribution in [1.82, 2.24) is 10.2 Å². The Balaban J connectivity index is 0.00000683. The average Bonchev–Trinajstić information content (AvgIpc) is 3.35. The number of imide groups is 1. The number of rotatable bonds is 13. The van der Waals surface area contributed by atoms with Crippen LogP contribution in [0.15, 0.2) is 54.6 Å².